The van der Waals surface area contributed by atoms with Gasteiger partial charge in [0.15, 0.2) is 11.6 Å². The summed E-state index contributed by atoms with van der Waals surface area (Å²) in [5.41, 5.74) is 3.60. The summed E-state index contributed by atoms with van der Waals surface area (Å²) in [7, 11) is 0. The van der Waals surface area contributed by atoms with E-state index in [1.807, 2.05) is 0 Å². The highest BCUT2D eigenvalue weighted by Crippen LogP contribution is 2.05. The van der Waals surface area contributed by atoms with Crippen molar-refractivity contribution in [1.29, 1.82) is 0 Å². The number of nitrogens with one attached hydrogen (secondary N) is 2. The second-order valence-electron chi connectivity index (χ2n) is 1.51. The Bertz CT molecular complexity index is 197. The lowest BCUT2D eigenvalue weighted by Crippen LogP contribution is -1.97. The van der Waals surface area contributed by atoms with Crippen LogP contribution in [0.1, 0.15) is 0 Å². The van der Waals surface area contributed by atoms with E-state index in [0.29, 0.717) is 0 Å². The maximum atomic E-state index is 8.31. The molecule has 0 aliphatic heterocycles. The zero-order chi connectivity index (χ0) is 7.40. The van der Waals surface area contributed by atoms with Gasteiger partial charge in [0.1, 0.15) is 6.33 Å². The molecule has 1 aromatic rings. The molecule has 0 unspecified atom stereocenters. The van der Waals surface area contributed by atoms with Crippen LogP contribution in [0.15, 0.2) is 12.4 Å². The maximum absolute atomic E-state index is 8.31. The van der Waals surface area contributed by atoms with Gasteiger partial charge < -0.3 is 0 Å². The average molecular weight is 142 g/mol. The number of rotatable bonds is 2. The molecule has 0 saturated heterocycles. The highest BCUT2D eigenvalue weighted by Gasteiger charge is 1.92. The van der Waals surface area contributed by atoms with E-state index >= 15 is 0 Å². The Morgan fingerprint density at radius 2 is 1.60 bits per heavy atom. The van der Waals surface area contributed by atoms with E-state index < -0.39 is 0 Å². The van der Waals surface area contributed by atoms with Crippen LogP contribution in [-0.2, 0) is 0 Å². The van der Waals surface area contributed by atoms with Crippen LogP contribution in [0.4, 0.5) is 11.6 Å². The topological polar surface area (TPSA) is 90.3 Å². The van der Waals surface area contributed by atoms with Gasteiger partial charge in [-0.25, -0.2) is 9.97 Å². The first-order valence-electron chi connectivity index (χ1n) is 2.49. The molecule has 10 heavy (non-hydrogen) atoms. The molecular weight excluding hydrogens is 136 g/mol. The van der Waals surface area contributed by atoms with Crippen LogP contribution in [0.3, 0.4) is 0 Å². The van der Waals surface area contributed by atoms with Gasteiger partial charge in [-0.15, -0.1) is 0 Å². The fourth-order valence-electron chi connectivity index (χ4n) is 0.480. The Labute approximate surface area is 56.5 Å². The van der Waals surface area contributed by atoms with Crippen LogP contribution >= 0.6 is 0 Å². The predicted octanol–water partition coefficient (Wildman–Crippen LogP) is 0.0788. The number of hydrogen-bond acceptors (Lipinski definition) is 6. The van der Waals surface area contributed by atoms with E-state index in [-0.39, 0.29) is 11.6 Å². The van der Waals surface area contributed by atoms with Gasteiger partial charge in [0.2, 0.25) is 0 Å². The molecule has 0 amide bonds. The standard InChI is InChI=1S/C4H6N4O2/c9-7-3-1-4(8-10)6-2-5-3/h1-2,9-10H,(H2,5,6,7,8). The molecular formula is C4H6N4O2. The van der Waals surface area contributed by atoms with Crippen LogP contribution in [0.25, 0.3) is 0 Å². The van der Waals surface area contributed by atoms with Crippen LogP contribution in [0, 0.1) is 0 Å². The zero-order valence-electron chi connectivity index (χ0n) is 4.94. The van der Waals surface area contributed by atoms with E-state index in [2.05, 4.69) is 9.97 Å². The minimum absolute atomic E-state index is 0.214. The van der Waals surface area contributed by atoms with Crippen molar-refractivity contribution >= 4 is 11.6 Å². The molecule has 4 N–H and O–H groups in total. The Balaban J connectivity index is 2.87. The average Bonchev–Trinajstić information content (AvgIpc) is 2.05. The molecule has 0 aliphatic rings. The number of anilines is 2. The minimum Gasteiger partial charge on any atom is -0.290 e. The van der Waals surface area contributed by atoms with Gasteiger partial charge in [0.25, 0.3) is 0 Å². The van der Waals surface area contributed by atoms with Gasteiger partial charge in [-0.05, 0) is 0 Å². The third-order valence-corrected chi connectivity index (χ3v) is 0.896. The largest absolute Gasteiger partial charge is 0.290 e. The Kier molecular flexibility index (Phi) is 1.98. The van der Waals surface area contributed by atoms with Crippen molar-refractivity contribution in [3.63, 3.8) is 0 Å². The fourth-order valence-corrected chi connectivity index (χ4v) is 0.480. The SMILES string of the molecule is ONc1cc(NO)ncn1. The van der Waals surface area contributed by atoms with E-state index in [0.717, 1.165) is 0 Å². The summed E-state index contributed by atoms with van der Waals surface area (Å²) in [5, 5.41) is 16.6. The summed E-state index contributed by atoms with van der Waals surface area (Å²) in [6.45, 7) is 0. The summed E-state index contributed by atoms with van der Waals surface area (Å²) in [6.07, 6.45) is 1.19. The Hall–Kier alpha value is -1.40. The van der Waals surface area contributed by atoms with Gasteiger partial charge in [-0.2, -0.15) is 0 Å². The maximum Gasteiger partial charge on any atom is 0.155 e. The lowest BCUT2D eigenvalue weighted by molar-refractivity contribution is 0.381. The Morgan fingerprint density at radius 1 is 1.10 bits per heavy atom. The minimum atomic E-state index is 0.214. The van der Waals surface area contributed by atoms with Crippen molar-refractivity contribution in [1.82, 2.24) is 9.97 Å². The molecule has 0 atom stereocenters. The van der Waals surface area contributed by atoms with Crippen molar-refractivity contribution in [3.8, 4) is 0 Å². The van der Waals surface area contributed by atoms with Crippen LogP contribution in [0.5, 0.6) is 0 Å². The summed E-state index contributed by atoms with van der Waals surface area (Å²) in [4.78, 5) is 7.16. The van der Waals surface area contributed by atoms with Gasteiger partial charge >= 0.3 is 0 Å². The van der Waals surface area contributed by atoms with Crippen molar-refractivity contribution in [2.75, 3.05) is 11.0 Å². The predicted molar refractivity (Wildman–Crippen MR) is 32.9 cm³/mol. The van der Waals surface area contributed by atoms with Crippen molar-refractivity contribution < 1.29 is 10.4 Å². The summed E-state index contributed by atoms with van der Waals surface area (Å²) in [5.74, 6) is 0.429. The van der Waals surface area contributed by atoms with Gasteiger partial charge in [0, 0.05) is 6.07 Å². The van der Waals surface area contributed by atoms with Crippen LogP contribution < -0.4 is 11.0 Å². The molecule has 0 spiro atoms. The highest BCUT2D eigenvalue weighted by molar-refractivity contribution is 5.43. The van der Waals surface area contributed by atoms with E-state index in [9.17, 15) is 0 Å². The molecule has 6 heteroatoms. The van der Waals surface area contributed by atoms with Crippen molar-refractivity contribution in [2.45, 2.75) is 0 Å². The molecule has 0 aromatic carbocycles. The molecule has 54 valence electrons. The number of nitrogens with zero attached hydrogens (tertiary/aromatic N) is 2. The second-order valence-corrected chi connectivity index (χ2v) is 1.51. The highest BCUT2D eigenvalue weighted by atomic mass is 16.5. The molecule has 1 rings (SSSR count). The lowest BCUT2D eigenvalue weighted by atomic mass is 10.5. The lowest BCUT2D eigenvalue weighted by Gasteiger charge is -1.98. The smallest absolute Gasteiger partial charge is 0.155 e. The third kappa shape index (κ3) is 1.30. The number of hydrogen-bond donors (Lipinski definition) is 4. The van der Waals surface area contributed by atoms with E-state index in [1.165, 1.54) is 12.4 Å². The normalized spacial score (nSPS) is 9.00. The van der Waals surface area contributed by atoms with Gasteiger partial charge in [-0.1, -0.05) is 0 Å². The molecule has 1 heterocycles. The number of aromatic nitrogens is 2. The third-order valence-electron chi connectivity index (χ3n) is 0.896. The molecule has 1 aromatic heterocycles. The second kappa shape index (κ2) is 2.95. The van der Waals surface area contributed by atoms with Crippen molar-refractivity contribution in [3.05, 3.63) is 12.4 Å². The summed E-state index contributed by atoms with van der Waals surface area (Å²) < 4.78 is 0. The van der Waals surface area contributed by atoms with Gasteiger partial charge in [0.05, 0.1) is 0 Å². The first-order valence-corrected chi connectivity index (χ1v) is 2.49. The first kappa shape index (κ1) is 6.72. The quantitative estimate of drug-likeness (QED) is 0.437. The monoisotopic (exact) mass is 142 g/mol. The zero-order valence-corrected chi connectivity index (χ0v) is 4.94. The van der Waals surface area contributed by atoms with E-state index in [1.54, 1.807) is 11.0 Å². The fraction of sp³-hybridized carbons (Fsp3) is 0. The molecule has 0 aliphatic carbocycles. The molecule has 6 nitrogen and oxygen atoms in total. The van der Waals surface area contributed by atoms with Crippen LogP contribution in [0.2, 0.25) is 0 Å². The molecule has 0 radical (unpaired) electrons. The van der Waals surface area contributed by atoms with Gasteiger partial charge in [-0.3, -0.25) is 21.4 Å². The first-order chi connectivity index (χ1) is 4.86. The summed E-state index contributed by atoms with van der Waals surface area (Å²) >= 11 is 0. The van der Waals surface area contributed by atoms with Crippen molar-refractivity contribution in [2.24, 2.45) is 0 Å². The molecule has 0 bridgehead atoms. The Morgan fingerprint density at radius 3 is 2.00 bits per heavy atom. The van der Waals surface area contributed by atoms with Crippen LogP contribution in [-0.4, -0.2) is 20.4 Å². The van der Waals surface area contributed by atoms with E-state index in [4.69, 9.17) is 10.4 Å². The molecule has 0 saturated carbocycles. The molecule has 0 fully saturated rings. The summed E-state index contributed by atoms with van der Waals surface area (Å²) in [6, 6.07) is 1.33.